The van der Waals surface area contributed by atoms with Crippen LogP contribution in [0.4, 0.5) is 5.13 Å². The van der Waals surface area contributed by atoms with Crippen LogP contribution >= 0.6 is 11.3 Å². The van der Waals surface area contributed by atoms with Crippen molar-refractivity contribution in [2.24, 2.45) is 5.73 Å². The second-order valence-corrected chi connectivity index (χ2v) is 5.88. The molecule has 0 radical (unpaired) electrons. The molecule has 1 aromatic carbocycles. The van der Waals surface area contributed by atoms with Crippen molar-refractivity contribution in [3.05, 3.63) is 47.7 Å². The molecular formula is C15H14N4O2S. The van der Waals surface area contributed by atoms with Crippen molar-refractivity contribution in [1.82, 2.24) is 9.97 Å². The molecule has 7 heteroatoms. The van der Waals surface area contributed by atoms with E-state index in [4.69, 9.17) is 5.73 Å². The van der Waals surface area contributed by atoms with Gasteiger partial charge in [0.1, 0.15) is 5.75 Å². The Hall–Kier alpha value is -2.67. The Kier molecular flexibility index (Phi) is 3.64. The number of carbonyl (C=O) groups excluding carboxylic acids is 1. The summed E-state index contributed by atoms with van der Waals surface area (Å²) in [6, 6.07) is 8.52. The van der Waals surface area contributed by atoms with Gasteiger partial charge in [-0.2, -0.15) is 0 Å². The van der Waals surface area contributed by atoms with Crippen molar-refractivity contribution in [3.8, 4) is 5.75 Å². The van der Waals surface area contributed by atoms with Gasteiger partial charge in [-0.05, 0) is 36.8 Å². The SMILES string of the molecule is CC(Nc1nc2ncccc2s1)c1ccc(O)c(C(N)=O)c1. The Balaban J connectivity index is 1.86. The number of nitrogens with one attached hydrogen (secondary N) is 1. The number of hydrogen-bond donors (Lipinski definition) is 3. The number of nitrogens with two attached hydrogens (primary N) is 1. The summed E-state index contributed by atoms with van der Waals surface area (Å²) in [5.41, 5.74) is 6.89. The number of thiazole rings is 1. The quantitative estimate of drug-likeness (QED) is 0.687. The fraction of sp³-hybridized carbons (Fsp3) is 0.133. The third-order valence-electron chi connectivity index (χ3n) is 3.29. The largest absolute Gasteiger partial charge is 0.507 e. The molecule has 1 amide bonds. The van der Waals surface area contributed by atoms with Gasteiger partial charge in [-0.15, -0.1) is 0 Å². The van der Waals surface area contributed by atoms with E-state index in [0.29, 0.717) is 5.65 Å². The fourth-order valence-electron chi connectivity index (χ4n) is 2.12. The lowest BCUT2D eigenvalue weighted by Crippen LogP contribution is -2.13. The standard InChI is InChI=1S/C15H14N4O2S/c1-8(9-4-5-11(20)10(7-9)13(16)21)18-15-19-14-12(22-15)3-2-6-17-14/h2-8,20H,1H3,(H2,16,21)(H,17,18,19). The molecule has 4 N–H and O–H groups in total. The van der Waals surface area contributed by atoms with Gasteiger partial charge < -0.3 is 16.2 Å². The molecular weight excluding hydrogens is 300 g/mol. The van der Waals surface area contributed by atoms with Crippen LogP contribution in [0, 0.1) is 0 Å². The number of hydrogen-bond acceptors (Lipinski definition) is 6. The van der Waals surface area contributed by atoms with E-state index in [-0.39, 0.29) is 17.4 Å². The number of benzene rings is 1. The van der Waals surface area contributed by atoms with Gasteiger partial charge in [0.25, 0.3) is 5.91 Å². The summed E-state index contributed by atoms with van der Waals surface area (Å²) >= 11 is 1.51. The van der Waals surface area contributed by atoms with E-state index in [2.05, 4.69) is 15.3 Å². The van der Waals surface area contributed by atoms with Crippen LogP contribution in [0.25, 0.3) is 10.3 Å². The van der Waals surface area contributed by atoms with Gasteiger partial charge in [0.15, 0.2) is 10.8 Å². The number of carbonyl (C=O) groups is 1. The number of anilines is 1. The van der Waals surface area contributed by atoms with Crippen LogP contribution in [0.15, 0.2) is 36.5 Å². The Morgan fingerprint density at radius 3 is 2.95 bits per heavy atom. The molecule has 0 saturated carbocycles. The molecule has 0 saturated heterocycles. The minimum Gasteiger partial charge on any atom is -0.507 e. The number of phenols is 1. The number of aromatic hydroxyl groups is 1. The normalized spacial score (nSPS) is 12.2. The molecule has 0 spiro atoms. The van der Waals surface area contributed by atoms with Crippen LogP contribution in [0.2, 0.25) is 0 Å². The van der Waals surface area contributed by atoms with Crippen molar-refractivity contribution in [1.29, 1.82) is 0 Å². The van der Waals surface area contributed by atoms with Gasteiger partial charge in [0, 0.05) is 6.20 Å². The molecule has 2 aromatic heterocycles. The van der Waals surface area contributed by atoms with Crippen LogP contribution in [-0.2, 0) is 0 Å². The van der Waals surface area contributed by atoms with E-state index in [1.54, 1.807) is 18.3 Å². The monoisotopic (exact) mass is 314 g/mol. The molecule has 0 fully saturated rings. The summed E-state index contributed by atoms with van der Waals surface area (Å²) in [5.74, 6) is -0.775. The molecule has 3 rings (SSSR count). The molecule has 2 heterocycles. The van der Waals surface area contributed by atoms with Crippen molar-refractivity contribution < 1.29 is 9.90 Å². The summed E-state index contributed by atoms with van der Waals surface area (Å²) in [7, 11) is 0. The van der Waals surface area contributed by atoms with Crippen molar-refractivity contribution in [2.75, 3.05) is 5.32 Å². The number of rotatable bonds is 4. The van der Waals surface area contributed by atoms with E-state index in [0.717, 1.165) is 15.4 Å². The Morgan fingerprint density at radius 2 is 2.23 bits per heavy atom. The molecule has 1 unspecified atom stereocenters. The molecule has 22 heavy (non-hydrogen) atoms. The first-order valence-electron chi connectivity index (χ1n) is 6.65. The maximum absolute atomic E-state index is 11.3. The van der Waals surface area contributed by atoms with Gasteiger partial charge in [0.2, 0.25) is 0 Å². The topological polar surface area (TPSA) is 101 Å². The van der Waals surface area contributed by atoms with Crippen LogP contribution in [0.3, 0.4) is 0 Å². The highest BCUT2D eigenvalue weighted by atomic mass is 32.1. The highest BCUT2D eigenvalue weighted by Crippen LogP contribution is 2.29. The highest BCUT2D eigenvalue weighted by Gasteiger charge is 2.13. The third kappa shape index (κ3) is 2.71. The van der Waals surface area contributed by atoms with Crippen LogP contribution in [-0.4, -0.2) is 21.0 Å². The molecule has 3 aromatic rings. The Morgan fingerprint density at radius 1 is 1.41 bits per heavy atom. The van der Waals surface area contributed by atoms with Crippen LogP contribution < -0.4 is 11.1 Å². The molecule has 0 aliphatic heterocycles. The lowest BCUT2D eigenvalue weighted by Gasteiger charge is -2.14. The minimum atomic E-state index is -0.657. The summed E-state index contributed by atoms with van der Waals surface area (Å²) < 4.78 is 1.00. The van der Waals surface area contributed by atoms with E-state index >= 15 is 0 Å². The Labute approximate surface area is 130 Å². The Bertz CT molecular complexity index is 813. The van der Waals surface area contributed by atoms with E-state index in [1.165, 1.54) is 17.4 Å². The smallest absolute Gasteiger partial charge is 0.252 e. The second kappa shape index (κ2) is 5.61. The average molecular weight is 314 g/mol. The van der Waals surface area contributed by atoms with E-state index in [9.17, 15) is 9.90 Å². The third-order valence-corrected chi connectivity index (χ3v) is 4.23. The number of primary amides is 1. The molecule has 0 aliphatic rings. The maximum atomic E-state index is 11.3. The molecule has 1 atom stereocenters. The summed E-state index contributed by atoms with van der Waals surface area (Å²) in [6.45, 7) is 1.94. The highest BCUT2D eigenvalue weighted by molar-refractivity contribution is 7.22. The number of pyridine rings is 1. The van der Waals surface area contributed by atoms with Crippen molar-refractivity contribution in [2.45, 2.75) is 13.0 Å². The van der Waals surface area contributed by atoms with Gasteiger partial charge in [-0.3, -0.25) is 4.79 Å². The zero-order chi connectivity index (χ0) is 15.7. The van der Waals surface area contributed by atoms with E-state index < -0.39 is 5.91 Å². The zero-order valence-electron chi connectivity index (χ0n) is 11.8. The first-order chi connectivity index (χ1) is 10.5. The number of nitrogens with zero attached hydrogens (tertiary/aromatic N) is 2. The van der Waals surface area contributed by atoms with Gasteiger partial charge >= 0.3 is 0 Å². The zero-order valence-corrected chi connectivity index (χ0v) is 12.6. The summed E-state index contributed by atoms with van der Waals surface area (Å²) in [5, 5.41) is 13.6. The molecule has 112 valence electrons. The molecule has 0 aliphatic carbocycles. The van der Waals surface area contributed by atoms with Crippen LogP contribution in [0.1, 0.15) is 28.9 Å². The van der Waals surface area contributed by atoms with E-state index in [1.807, 2.05) is 19.1 Å². The minimum absolute atomic E-state index is 0.0979. The van der Waals surface area contributed by atoms with Gasteiger partial charge in [0.05, 0.1) is 16.3 Å². The predicted molar refractivity (Wildman–Crippen MR) is 86.1 cm³/mol. The molecule has 0 bridgehead atoms. The predicted octanol–water partition coefficient (Wildman–Crippen LogP) is 2.67. The molecule has 6 nitrogen and oxygen atoms in total. The maximum Gasteiger partial charge on any atom is 0.252 e. The summed E-state index contributed by atoms with van der Waals surface area (Å²) in [4.78, 5) is 19.9. The first kappa shape index (κ1) is 14.3. The number of amides is 1. The van der Waals surface area contributed by atoms with Gasteiger partial charge in [-0.25, -0.2) is 9.97 Å². The van der Waals surface area contributed by atoms with Crippen molar-refractivity contribution in [3.63, 3.8) is 0 Å². The van der Waals surface area contributed by atoms with Gasteiger partial charge in [-0.1, -0.05) is 17.4 Å². The summed E-state index contributed by atoms with van der Waals surface area (Å²) in [6.07, 6.45) is 1.70. The number of fused-ring (bicyclic) bond motifs is 1. The number of aromatic nitrogens is 2. The van der Waals surface area contributed by atoms with Crippen LogP contribution in [0.5, 0.6) is 5.75 Å². The first-order valence-corrected chi connectivity index (χ1v) is 7.47. The lowest BCUT2D eigenvalue weighted by molar-refractivity contribution is 0.0997. The van der Waals surface area contributed by atoms with Crippen molar-refractivity contribution >= 4 is 32.7 Å². The second-order valence-electron chi connectivity index (χ2n) is 4.85. The average Bonchev–Trinajstić information content (AvgIpc) is 2.89. The fourth-order valence-corrected chi connectivity index (χ4v) is 3.03. The lowest BCUT2D eigenvalue weighted by atomic mass is 10.0.